The summed E-state index contributed by atoms with van der Waals surface area (Å²) in [5.74, 6) is 1.78. The molecule has 3 rings (SSSR count). The first-order chi connectivity index (χ1) is 11.0. The number of aromatic nitrogens is 4. The number of carbonyl (C=O) groups is 1. The van der Waals surface area contributed by atoms with Crippen molar-refractivity contribution < 1.29 is 13.8 Å². The largest absolute Gasteiger partial charge is 0.345 e. The molecule has 0 saturated heterocycles. The first kappa shape index (κ1) is 14.9. The number of nitrogens with zero attached hydrogens (tertiary/aromatic N) is 5. The van der Waals surface area contributed by atoms with E-state index in [1.54, 1.807) is 45.3 Å². The Kier molecular flexibility index (Phi) is 3.88. The van der Waals surface area contributed by atoms with E-state index >= 15 is 0 Å². The second-order valence-electron chi connectivity index (χ2n) is 5.20. The molecule has 0 aliphatic carbocycles. The van der Waals surface area contributed by atoms with Crippen molar-refractivity contribution in [2.75, 3.05) is 14.1 Å². The van der Waals surface area contributed by atoms with Gasteiger partial charge in [0.05, 0.1) is 6.42 Å². The zero-order valence-electron chi connectivity index (χ0n) is 13.0. The van der Waals surface area contributed by atoms with E-state index in [-0.39, 0.29) is 5.91 Å². The van der Waals surface area contributed by atoms with Crippen LogP contribution in [0.5, 0.6) is 0 Å². The van der Waals surface area contributed by atoms with Crippen LogP contribution in [-0.2, 0) is 6.42 Å². The zero-order valence-corrected chi connectivity index (χ0v) is 13.0. The fraction of sp³-hybridized carbons (Fsp3) is 0.267. The van der Waals surface area contributed by atoms with Crippen LogP contribution >= 0.6 is 0 Å². The Bertz CT molecular complexity index is 820. The highest BCUT2D eigenvalue weighted by Gasteiger charge is 2.13. The Morgan fingerprint density at radius 1 is 1.04 bits per heavy atom. The highest BCUT2D eigenvalue weighted by Crippen LogP contribution is 2.19. The van der Waals surface area contributed by atoms with Crippen molar-refractivity contribution in [2.45, 2.75) is 13.3 Å². The van der Waals surface area contributed by atoms with E-state index < -0.39 is 0 Å². The Hall–Kier alpha value is -3.03. The topological polar surface area (TPSA) is 98.2 Å². The molecular weight excluding hydrogens is 298 g/mol. The molecule has 0 aliphatic rings. The van der Waals surface area contributed by atoms with Gasteiger partial charge in [0, 0.05) is 32.1 Å². The lowest BCUT2D eigenvalue weighted by molar-refractivity contribution is 0.0827. The molecule has 23 heavy (non-hydrogen) atoms. The van der Waals surface area contributed by atoms with Gasteiger partial charge in [0.2, 0.25) is 5.89 Å². The Labute approximate surface area is 132 Å². The third-order valence-electron chi connectivity index (χ3n) is 3.14. The van der Waals surface area contributed by atoms with Gasteiger partial charge in [0.1, 0.15) is 0 Å². The fourth-order valence-corrected chi connectivity index (χ4v) is 2.01. The minimum absolute atomic E-state index is 0.0600. The summed E-state index contributed by atoms with van der Waals surface area (Å²) in [6.07, 6.45) is 0.331. The third kappa shape index (κ3) is 3.25. The SMILES string of the molecule is Cc1nc(Cc2noc(-c3ccc(C(=O)N(C)C)cc3)n2)no1. The fourth-order valence-electron chi connectivity index (χ4n) is 2.01. The van der Waals surface area contributed by atoms with Crippen molar-refractivity contribution >= 4 is 5.91 Å². The predicted octanol–water partition coefficient (Wildman–Crippen LogP) is 1.72. The normalized spacial score (nSPS) is 10.7. The molecule has 3 aromatic rings. The molecule has 8 heteroatoms. The summed E-state index contributed by atoms with van der Waals surface area (Å²) in [6, 6.07) is 6.99. The van der Waals surface area contributed by atoms with E-state index in [1.807, 2.05) is 0 Å². The molecular formula is C15H15N5O3. The van der Waals surface area contributed by atoms with Crippen molar-refractivity contribution in [1.29, 1.82) is 0 Å². The van der Waals surface area contributed by atoms with Gasteiger partial charge in [-0.25, -0.2) is 0 Å². The maximum absolute atomic E-state index is 11.9. The smallest absolute Gasteiger partial charge is 0.257 e. The van der Waals surface area contributed by atoms with Gasteiger partial charge in [-0.05, 0) is 24.3 Å². The number of hydrogen-bond acceptors (Lipinski definition) is 7. The molecule has 1 aromatic carbocycles. The Morgan fingerprint density at radius 2 is 1.70 bits per heavy atom. The number of carbonyl (C=O) groups excluding carboxylic acids is 1. The van der Waals surface area contributed by atoms with Crippen LogP contribution in [-0.4, -0.2) is 45.2 Å². The Morgan fingerprint density at radius 3 is 2.30 bits per heavy atom. The predicted molar refractivity (Wildman–Crippen MR) is 79.6 cm³/mol. The summed E-state index contributed by atoms with van der Waals surface area (Å²) < 4.78 is 10.1. The molecule has 1 amide bonds. The molecule has 0 aliphatic heterocycles. The molecule has 0 fully saturated rings. The second kappa shape index (κ2) is 5.99. The van der Waals surface area contributed by atoms with E-state index in [0.29, 0.717) is 35.4 Å². The van der Waals surface area contributed by atoms with Crippen molar-refractivity contribution in [2.24, 2.45) is 0 Å². The van der Waals surface area contributed by atoms with Crippen molar-refractivity contribution in [3.63, 3.8) is 0 Å². The van der Waals surface area contributed by atoms with Crippen molar-refractivity contribution in [3.05, 3.63) is 47.4 Å². The monoisotopic (exact) mass is 313 g/mol. The third-order valence-corrected chi connectivity index (χ3v) is 3.14. The van der Waals surface area contributed by atoms with Crippen LogP contribution in [0.3, 0.4) is 0 Å². The zero-order chi connectivity index (χ0) is 16.4. The molecule has 8 nitrogen and oxygen atoms in total. The minimum Gasteiger partial charge on any atom is -0.345 e. The van der Waals surface area contributed by atoms with E-state index in [2.05, 4.69) is 20.3 Å². The number of amides is 1. The van der Waals surface area contributed by atoms with Crippen LogP contribution in [0.4, 0.5) is 0 Å². The molecule has 0 atom stereocenters. The molecule has 2 aromatic heterocycles. The lowest BCUT2D eigenvalue weighted by Crippen LogP contribution is -2.21. The molecule has 0 saturated carbocycles. The Balaban J connectivity index is 1.76. The maximum Gasteiger partial charge on any atom is 0.257 e. The first-order valence-corrected chi connectivity index (χ1v) is 6.97. The summed E-state index contributed by atoms with van der Waals surface area (Å²) in [4.78, 5) is 21.8. The number of rotatable bonds is 4. The van der Waals surface area contributed by atoms with Gasteiger partial charge in [-0.1, -0.05) is 10.3 Å². The summed E-state index contributed by atoms with van der Waals surface area (Å²) >= 11 is 0. The lowest BCUT2D eigenvalue weighted by Gasteiger charge is -2.09. The molecule has 0 unspecified atom stereocenters. The lowest BCUT2D eigenvalue weighted by atomic mass is 10.1. The number of benzene rings is 1. The summed E-state index contributed by atoms with van der Waals surface area (Å²) in [7, 11) is 3.42. The van der Waals surface area contributed by atoms with Crippen LogP contribution in [0, 0.1) is 6.92 Å². The minimum atomic E-state index is -0.0600. The summed E-state index contributed by atoms with van der Waals surface area (Å²) in [5.41, 5.74) is 1.34. The van der Waals surface area contributed by atoms with Gasteiger partial charge in [-0.15, -0.1) is 0 Å². The molecule has 2 heterocycles. The van der Waals surface area contributed by atoms with Gasteiger partial charge >= 0.3 is 0 Å². The standard InChI is InChI=1S/C15H15N5O3/c1-9-16-12(18-22-9)8-13-17-14(23-19-13)10-4-6-11(7-5-10)15(21)20(2)3/h4-7H,8H2,1-3H3. The number of aryl methyl sites for hydroxylation is 1. The molecule has 0 spiro atoms. The van der Waals surface area contributed by atoms with Crippen molar-refractivity contribution in [3.8, 4) is 11.5 Å². The maximum atomic E-state index is 11.9. The average molecular weight is 313 g/mol. The highest BCUT2D eigenvalue weighted by atomic mass is 16.5. The molecule has 0 N–H and O–H groups in total. The quantitative estimate of drug-likeness (QED) is 0.723. The van der Waals surface area contributed by atoms with Gasteiger partial charge in [0.25, 0.3) is 11.8 Å². The highest BCUT2D eigenvalue weighted by molar-refractivity contribution is 5.94. The van der Waals surface area contributed by atoms with Gasteiger partial charge in [-0.2, -0.15) is 9.97 Å². The average Bonchev–Trinajstić information content (AvgIpc) is 3.16. The van der Waals surface area contributed by atoms with Crippen LogP contribution < -0.4 is 0 Å². The van der Waals surface area contributed by atoms with E-state index in [9.17, 15) is 4.79 Å². The van der Waals surface area contributed by atoms with Gasteiger partial charge in [0.15, 0.2) is 11.6 Å². The number of hydrogen-bond donors (Lipinski definition) is 0. The molecule has 0 bridgehead atoms. The van der Waals surface area contributed by atoms with Crippen LogP contribution in [0.15, 0.2) is 33.3 Å². The van der Waals surface area contributed by atoms with Crippen molar-refractivity contribution in [1.82, 2.24) is 25.2 Å². The molecule has 0 radical (unpaired) electrons. The summed E-state index contributed by atoms with van der Waals surface area (Å²) in [6.45, 7) is 1.72. The summed E-state index contributed by atoms with van der Waals surface area (Å²) in [5, 5.41) is 7.69. The van der Waals surface area contributed by atoms with Crippen LogP contribution in [0.25, 0.3) is 11.5 Å². The van der Waals surface area contributed by atoms with Gasteiger partial charge in [-0.3, -0.25) is 4.79 Å². The second-order valence-corrected chi connectivity index (χ2v) is 5.20. The van der Waals surface area contributed by atoms with Gasteiger partial charge < -0.3 is 13.9 Å². The van der Waals surface area contributed by atoms with E-state index in [4.69, 9.17) is 9.05 Å². The van der Waals surface area contributed by atoms with E-state index in [1.165, 1.54) is 4.90 Å². The van der Waals surface area contributed by atoms with Crippen LogP contribution in [0.2, 0.25) is 0 Å². The first-order valence-electron chi connectivity index (χ1n) is 6.97. The molecule has 118 valence electrons. The van der Waals surface area contributed by atoms with E-state index in [0.717, 1.165) is 5.56 Å². The van der Waals surface area contributed by atoms with Crippen LogP contribution in [0.1, 0.15) is 27.9 Å².